The third-order valence-corrected chi connectivity index (χ3v) is 2.89. The van der Waals surface area contributed by atoms with E-state index in [1.807, 2.05) is 0 Å². The van der Waals surface area contributed by atoms with E-state index >= 15 is 0 Å². The van der Waals surface area contributed by atoms with Crippen LogP contribution < -0.4 is 5.32 Å². The van der Waals surface area contributed by atoms with E-state index < -0.39 is 23.6 Å². The Morgan fingerprint density at radius 3 is 2.52 bits per heavy atom. The number of rotatable bonds is 2. The molecule has 2 aromatic rings. The number of amides is 1. The summed E-state index contributed by atoms with van der Waals surface area (Å²) < 4.78 is 51.1. The van der Waals surface area contributed by atoms with E-state index in [4.69, 9.17) is 0 Å². The molecular weight excluding hydrogens is 356 g/mol. The van der Waals surface area contributed by atoms with Gasteiger partial charge in [0.05, 0.1) is 5.56 Å². The monoisotopic (exact) mass is 362 g/mol. The number of pyridine rings is 1. The molecule has 110 valence electrons. The number of carbonyl (C=O) groups excluding carboxylic acids is 1. The number of carbonyl (C=O) groups is 1. The minimum absolute atomic E-state index is 0.0761. The smallest absolute Gasteiger partial charge is 0.321 e. The lowest BCUT2D eigenvalue weighted by atomic mass is 10.2. The zero-order chi connectivity index (χ0) is 15.6. The molecule has 8 heteroatoms. The standard InChI is InChI=1S/C13H7BrF4N2O/c14-8-4-7(13(16,17)18)5-9(6-8)19-12(21)10-2-1-3-11(15)20-10/h1-6H,(H,19,21). The highest BCUT2D eigenvalue weighted by Gasteiger charge is 2.31. The molecule has 1 amide bonds. The number of benzene rings is 1. The zero-order valence-corrected chi connectivity index (χ0v) is 11.8. The first kappa shape index (κ1) is 15.4. The van der Waals surface area contributed by atoms with Gasteiger partial charge in [0.1, 0.15) is 5.69 Å². The molecule has 21 heavy (non-hydrogen) atoms. The van der Waals surface area contributed by atoms with Crippen LogP contribution in [0.15, 0.2) is 40.9 Å². The van der Waals surface area contributed by atoms with Gasteiger partial charge in [0.2, 0.25) is 5.95 Å². The molecule has 0 bridgehead atoms. The van der Waals surface area contributed by atoms with Crippen molar-refractivity contribution in [2.75, 3.05) is 5.32 Å². The van der Waals surface area contributed by atoms with Crippen LogP contribution in [-0.4, -0.2) is 10.9 Å². The first-order chi connectivity index (χ1) is 9.75. The molecule has 2 rings (SSSR count). The largest absolute Gasteiger partial charge is 0.416 e. The normalized spacial score (nSPS) is 11.3. The van der Waals surface area contributed by atoms with Gasteiger partial charge >= 0.3 is 6.18 Å². The Morgan fingerprint density at radius 2 is 1.90 bits per heavy atom. The van der Waals surface area contributed by atoms with E-state index in [0.29, 0.717) is 0 Å². The van der Waals surface area contributed by atoms with Gasteiger partial charge < -0.3 is 5.32 Å². The Labute approximate surface area is 125 Å². The van der Waals surface area contributed by atoms with E-state index in [1.165, 1.54) is 18.2 Å². The first-order valence-corrected chi connectivity index (χ1v) is 6.37. The lowest BCUT2D eigenvalue weighted by molar-refractivity contribution is -0.137. The van der Waals surface area contributed by atoms with E-state index in [-0.39, 0.29) is 15.9 Å². The fourth-order valence-corrected chi connectivity index (χ4v) is 2.05. The molecule has 0 saturated carbocycles. The lowest BCUT2D eigenvalue weighted by Gasteiger charge is -2.11. The number of hydrogen-bond acceptors (Lipinski definition) is 2. The molecular formula is C13H7BrF4N2O. The van der Waals surface area contributed by atoms with Crippen molar-refractivity contribution in [3.8, 4) is 0 Å². The average molecular weight is 363 g/mol. The molecule has 1 N–H and O–H groups in total. The van der Waals surface area contributed by atoms with Gasteiger partial charge in [-0.1, -0.05) is 22.0 Å². The number of alkyl halides is 3. The summed E-state index contributed by atoms with van der Waals surface area (Å²) in [6.45, 7) is 0. The van der Waals surface area contributed by atoms with Crippen LogP contribution in [0.2, 0.25) is 0 Å². The van der Waals surface area contributed by atoms with Crippen molar-refractivity contribution in [1.29, 1.82) is 0 Å². The number of halogens is 5. The highest BCUT2D eigenvalue weighted by atomic mass is 79.9. The molecule has 0 aliphatic heterocycles. The number of hydrogen-bond donors (Lipinski definition) is 1. The van der Waals surface area contributed by atoms with Crippen LogP contribution in [0.25, 0.3) is 0 Å². The van der Waals surface area contributed by atoms with Gasteiger partial charge in [0.25, 0.3) is 5.91 Å². The Balaban J connectivity index is 2.27. The second-order valence-electron chi connectivity index (χ2n) is 4.03. The van der Waals surface area contributed by atoms with Gasteiger partial charge in [0, 0.05) is 10.2 Å². The van der Waals surface area contributed by atoms with Crippen molar-refractivity contribution in [1.82, 2.24) is 4.98 Å². The van der Waals surface area contributed by atoms with Crippen molar-refractivity contribution in [2.45, 2.75) is 6.18 Å². The maximum atomic E-state index is 12.9. The molecule has 1 aromatic heterocycles. The third kappa shape index (κ3) is 4.01. The van der Waals surface area contributed by atoms with Gasteiger partial charge in [-0.25, -0.2) is 4.98 Å². The highest BCUT2D eigenvalue weighted by molar-refractivity contribution is 9.10. The van der Waals surface area contributed by atoms with Crippen LogP contribution >= 0.6 is 15.9 Å². The minimum Gasteiger partial charge on any atom is -0.321 e. The quantitative estimate of drug-likeness (QED) is 0.640. The Morgan fingerprint density at radius 1 is 1.19 bits per heavy atom. The van der Waals surface area contributed by atoms with Crippen LogP contribution in [0.1, 0.15) is 16.1 Å². The van der Waals surface area contributed by atoms with E-state index in [9.17, 15) is 22.4 Å². The van der Waals surface area contributed by atoms with Crippen LogP contribution in [0.3, 0.4) is 0 Å². The summed E-state index contributed by atoms with van der Waals surface area (Å²) >= 11 is 2.94. The summed E-state index contributed by atoms with van der Waals surface area (Å²) in [6, 6.07) is 6.54. The Hall–Kier alpha value is -1.96. The number of nitrogens with zero attached hydrogens (tertiary/aromatic N) is 1. The van der Waals surface area contributed by atoms with Gasteiger partial charge in [-0.3, -0.25) is 4.79 Å². The molecule has 0 spiro atoms. The average Bonchev–Trinajstić information content (AvgIpc) is 2.37. The zero-order valence-electron chi connectivity index (χ0n) is 10.2. The summed E-state index contributed by atoms with van der Waals surface area (Å²) in [7, 11) is 0. The van der Waals surface area contributed by atoms with Crippen LogP contribution in [0.4, 0.5) is 23.2 Å². The van der Waals surface area contributed by atoms with Crippen molar-refractivity contribution in [3.05, 3.63) is 58.1 Å². The molecule has 0 fully saturated rings. The maximum Gasteiger partial charge on any atom is 0.416 e. The van der Waals surface area contributed by atoms with E-state index in [0.717, 1.165) is 18.2 Å². The lowest BCUT2D eigenvalue weighted by Crippen LogP contribution is -2.15. The van der Waals surface area contributed by atoms with Crippen molar-refractivity contribution < 1.29 is 22.4 Å². The molecule has 0 saturated heterocycles. The summed E-state index contributed by atoms with van der Waals surface area (Å²) in [5.74, 6) is -1.66. The molecule has 0 radical (unpaired) electrons. The molecule has 0 aliphatic rings. The highest BCUT2D eigenvalue weighted by Crippen LogP contribution is 2.33. The molecule has 3 nitrogen and oxygen atoms in total. The topological polar surface area (TPSA) is 42.0 Å². The summed E-state index contributed by atoms with van der Waals surface area (Å²) in [5.41, 5.74) is -1.23. The third-order valence-electron chi connectivity index (χ3n) is 2.43. The van der Waals surface area contributed by atoms with Gasteiger partial charge in [0.15, 0.2) is 0 Å². The Bertz CT molecular complexity index is 688. The number of aromatic nitrogens is 1. The maximum absolute atomic E-state index is 12.9. The summed E-state index contributed by atoms with van der Waals surface area (Å²) in [6.07, 6.45) is -4.54. The van der Waals surface area contributed by atoms with Gasteiger partial charge in [-0.15, -0.1) is 0 Å². The van der Waals surface area contributed by atoms with Crippen molar-refractivity contribution in [3.63, 3.8) is 0 Å². The Kier molecular flexibility index (Phi) is 4.26. The fraction of sp³-hybridized carbons (Fsp3) is 0.0769. The first-order valence-electron chi connectivity index (χ1n) is 5.57. The SMILES string of the molecule is O=C(Nc1cc(Br)cc(C(F)(F)F)c1)c1cccc(F)n1. The van der Waals surface area contributed by atoms with Crippen LogP contribution in [0, 0.1) is 5.95 Å². The molecule has 1 heterocycles. The predicted molar refractivity (Wildman–Crippen MR) is 71.3 cm³/mol. The van der Waals surface area contributed by atoms with Crippen molar-refractivity contribution >= 4 is 27.5 Å². The van der Waals surface area contributed by atoms with Crippen LogP contribution in [-0.2, 0) is 6.18 Å². The number of nitrogens with one attached hydrogen (secondary N) is 1. The molecule has 1 aromatic carbocycles. The summed E-state index contributed by atoms with van der Waals surface area (Å²) in [4.78, 5) is 15.2. The molecule has 0 atom stereocenters. The second-order valence-corrected chi connectivity index (χ2v) is 4.94. The van der Waals surface area contributed by atoms with Gasteiger partial charge in [-0.05, 0) is 30.3 Å². The minimum atomic E-state index is -4.54. The number of anilines is 1. The predicted octanol–water partition coefficient (Wildman–Crippen LogP) is 4.25. The van der Waals surface area contributed by atoms with Gasteiger partial charge in [-0.2, -0.15) is 17.6 Å². The second kappa shape index (κ2) is 5.80. The molecule has 0 aliphatic carbocycles. The fourth-order valence-electron chi connectivity index (χ4n) is 1.56. The van der Waals surface area contributed by atoms with E-state index in [1.54, 1.807) is 0 Å². The molecule has 0 unspecified atom stereocenters. The van der Waals surface area contributed by atoms with Crippen LogP contribution in [0.5, 0.6) is 0 Å². The summed E-state index contributed by atoms with van der Waals surface area (Å²) in [5, 5.41) is 2.24. The van der Waals surface area contributed by atoms with E-state index in [2.05, 4.69) is 26.2 Å². The van der Waals surface area contributed by atoms with Crippen molar-refractivity contribution in [2.24, 2.45) is 0 Å².